The van der Waals surface area contributed by atoms with Crippen molar-refractivity contribution in [3.63, 3.8) is 0 Å². The molecule has 1 aliphatic rings. The number of nitrogens with zero attached hydrogens (tertiary/aromatic N) is 1. The first-order chi connectivity index (χ1) is 7.13. The zero-order chi connectivity index (χ0) is 11.3. The zero-order valence-electron chi connectivity index (χ0n) is 9.57. The molecular formula is C10H21ClF2N2O. The number of likely N-dealkylation sites (tertiary alicyclic amines) is 1. The van der Waals surface area contributed by atoms with E-state index in [-0.39, 0.29) is 12.4 Å². The predicted molar refractivity (Wildman–Crippen MR) is 62.3 cm³/mol. The van der Waals surface area contributed by atoms with Gasteiger partial charge in [-0.05, 0) is 25.8 Å². The first-order valence-corrected chi connectivity index (χ1v) is 5.43. The summed E-state index contributed by atoms with van der Waals surface area (Å²) >= 11 is 0. The molecule has 1 aliphatic heterocycles. The minimum absolute atomic E-state index is 0. The molecular weight excluding hydrogens is 238 g/mol. The summed E-state index contributed by atoms with van der Waals surface area (Å²) in [6.45, 7) is 4.47. The number of halogens is 3. The highest BCUT2D eigenvalue weighted by molar-refractivity contribution is 5.85. The molecule has 3 nitrogen and oxygen atoms in total. The van der Waals surface area contributed by atoms with Crippen molar-refractivity contribution >= 4 is 12.4 Å². The van der Waals surface area contributed by atoms with Gasteiger partial charge >= 0.3 is 0 Å². The Morgan fingerprint density at radius 3 is 2.69 bits per heavy atom. The molecule has 0 aliphatic carbocycles. The molecule has 0 aromatic carbocycles. The van der Waals surface area contributed by atoms with Crippen LogP contribution in [0.5, 0.6) is 0 Å². The van der Waals surface area contributed by atoms with E-state index < -0.39 is 13.0 Å². The van der Waals surface area contributed by atoms with Gasteiger partial charge in [0.2, 0.25) is 0 Å². The minimum atomic E-state index is -2.36. The Morgan fingerprint density at radius 2 is 2.19 bits per heavy atom. The van der Waals surface area contributed by atoms with Crippen molar-refractivity contribution in [2.75, 3.05) is 32.8 Å². The fourth-order valence-corrected chi connectivity index (χ4v) is 2.05. The van der Waals surface area contributed by atoms with Crippen LogP contribution < -0.4 is 5.73 Å². The Labute approximate surface area is 102 Å². The van der Waals surface area contributed by atoms with Crippen LogP contribution in [0.25, 0.3) is 0 Å². The molecule has 0 aromatic rings. The van der Waals surface area contributed by atoms with Gasteiger partial charge in [0.15, 0.2) is 0 Å². The van der Waals surface area contributed by atoms with Crippen LogP contribution in [0.4, 0.5) is 8.78 Å². The Bertz CT molecular complexity index is 186. The molecule has 2 N–H and O–H groups in total. The topological polar surface area (TPSA) is 38.5 Å². The Morgan fingerprint density at radius 1 is 1.50 bits per heavy atom. The molecule has 16 heavy (non-hydrogen) atoms. The van der Waals surface area contributed by atoms with Crippen molar-refractivity contribution in [2.45, 2.75) is 25.8 Å². The normalized spacial score (nSPS) is 26.1. The van der Waals surface area contributed by atoms with Crippen LogP contribution >= 0.6 is 12.4 Å². The number of hydrogen-bond acceptors (Lipinski definition) is 3. The maximum atomic E-state index is 11.8. The van der Waals surface area contributed by atoms with Crippen molar-refractivity contribution in [1.29, 1.82) is 0 Å². The summed E-state index contributed by atoms with van der Waals surface area (Å²) in [4.78, 5) is 2.25. The standard InChI is InChI=1S/C10H20F2N2O.ClH/c1-8-4-9(5-13)6-14(8)2-3-15-7-10(11)12;/h8-10H,2-7,13H2,1H3;1H. The number of hydrogen-bond donors (Lipinski definition) is 1. The average molecular weight is 259 g/mol. The monoisotopic (exact) mass is 258 g/mol. The van der Waals surface area contributed by atoms with E-state index in [1.54, 1.807) is 0 Å². The van der Waals surface area contributed by atoms with Crippen molar-refractivity contribution in [3.05, 3.63) is 0 Å². The largest absolute Gasteiger partial charge is 0.374 e. The molecule has 0 amide bonds. The van der Waals surface area contributed by atoms with Gasteiger partial charge in [0.05, 0.1) is 6.61 Å². The summed E-state index contributed by atoms with van der Waals surface area (Å²) in [6, 6.07) is 0.494. The van der Waals surface area contributed by atoms with Gasteiger partial charge in [-0.3, -0.25) is 4.90 Å². The van der Waals surface area contributed by atoms with Crippen LogP contribution in [-0.2, 0) is 4.74 Å². The highest BCUT2D eigenvalue weighted by Gasteiger charge is 2.27. The van der Waals surface area contributed by atoms with E-state index in [9.17, 15) is 8.78 Å². The lowest BCUT2D eigenvalue weighted by atomic mass is 10.1. The first kappa shape index (κ1) is 16.0. The number of ether oxygens (including phenoxy) is 1. The first-order valence-electron chi connectivity index (χ1n) is 5.43. The SMILES string of the molecule is CC1CC(CN)CN1CCOCC(F)F.Cl. The van der Waals surface area contributed by atoms with Crippen LogP contribution in [0.1, 0.15) is 13.3 Å². The molecule has 0 radical (unpaired) electrons. The number of rotatable bonds is 6. The Balaban J connectivity index is 0.00000225. The van der Waals surface area contributed by atoms with Crippen LogP contribution in [0.2, 0.25) is 0 Å². The third kappa shape index (κ3) is 5.39. The second-order valence-corrected chi connectivity index (χ2v) is 4.15. The predicted octanol–water partition coefficient (Wildman–Crippen LogP) is 1.36. The van der Waals surface area contributed by atoms with Crippen molar-refractivity contribution in [2.24, 2.45) is 11.7 Å². The molecule has 6 heteroatoms. The molecule has 0 bridgehead atoms. The van der Waals surface area contributed by atoms with Crippen LogP contribution in [-0.4, -0.2) is 50.2 Å². The lowest BCUT2D eigenvalue weighted by Crippen LogP contribution is -2.31. The zero-order valence-corrected chi connectivity index (χ0v) is 10.4. The summed E-state index contributed by atoms with van der Waals surface area (Å²) in [5, 5.41) is 0. The van der Waals surface area contributed by atoms with Crippen LogP contribution in [0, 0.1) is 5.92 Å². The van der Waals surface area contributed by atoms with Gasteiger partial charge in [-0.15, -0.1) is 12.4 Å². The second-order valence-electron chi connectivity index (χ2n) is 4.15. The Kier molecular flexibility index (Phi) is 8.18. The van der Waals surface area contributed by atoms with Gasteiger partial charge in [-0.25, -0.2) is 8.78 Å². The lowest BCUT2D eigenvalue weighted by molar-refractivity contribution is 0.00909. The fraction of sp³-hybridized carbons (Fsp3) is 1.00. The maximum Gasteiger partial charge on any atom is 0.261 e. The lowest BCUT2D eigenvalue weighted by Gasteiger charge is -2.20. The smallest absolute Gasteiger partial charge is 0.261 e. The van der Waals surface area contributed by atoms with Gasteiger partial charge < -0.3 is 10.5 Å². The van der Waals surface area contributed by atoms with Crippen molar-refractivity contribution < 1.29 is 13.5 Å². The highest BCUT2D eigenvalue weighted by atomic mass is 35.5. The number of nitrogens with two attached hydrogens (primary N) is 1. The quantitative estimate of drug-likeness (QED) is 0.731. The van der Waals surface area contributed by atoms with Gasteiger partial charge in [-0.2, -0.15) is 0 Å². The Hall–Kier alpha value is 0.0300. The molecule has 0 saturated carbocycles. The van der Waals surface area contributed by atoms with E-state index in [0.29, 0.717) is 25.1 Å². The average Bonchev–Trinajstić information content (AvgIpc) is 2.54. The van der Waals surface area contributed by atoms with Crippen LogP contribution in [0.15, 0.2) is 0 Å². The third-order valence-corrected chi connectivity index (χ3v) is 2.89. The molecule has 1 heterocycles. The second kappa shape index (κ2) is 8.17. The minimum Gasteiger partial charge on any atom is -0.374 e. The molecule has 1 fully saturated rings. The van der Waals surface area contributed by atoms with E-state index in [0.717, 1.165) is 19.5 Å². The summed E-state index contributed by atoms with van der Waals surface area (Å²) in [5.41, 5.74) is 5.60. The van der Waals surface area contributed by atoms with E-state index in [2.05, 4.69) is 11.8 Å². The van der Waals surface area contributed by atoms with E-state index in [1.165, 1.54) is 0 Å². The molecule has 98 valence electrons. The summed E-state index contributed by atoms with van der Waals surface area (Å²) < 4.78 is 28.4. The van der Waals surface area contributed by atoms with Crippen LogP contribution in [0.3, 0.4) is 0 Å². The van der Waals surface area contributed by atoms with E-state index in [1.807, 2.05) is 0 Å². The third-order valence-electron chi connectivity index (χ3n) is 2.89. The summed E-state index contributed by atoms with van der Waals surface area (Å²) in [6.07, 6.45) is -1.26. The molecule has 0 aromatic heterocycles. The number of alkyl halides is 2. The molecule has 0 spiro atoms. The summed E-state index contributed by atoms with van der Waals surface area (Å²) in [7, 11) is 0. The van der Waals surface area contributed by atoms with Gasteiger partial charge in [0.25, 0.3) is 6.43 Å². The molecule has 1 rings (SSSR count). The molecule has 2 unspecified atom stereocenters. The van der Waals surface area contributed by atoms with Crippen molar-refractivity contribution in [3.8, 4) is 0 Å². The van der Waals surface area contributed by atoms with Gasteiger partial charge in [-0.1, -0.05) is 0 Å². The van der Waals surface area contributed by atoms with Gasteiger partial charge in [0, 0.05) is 19.1 Å². The summed E-state index contributed by atoms with van der Waals surface area (Å²) in [5.74, 6) is 0.551. The molecule has 1 saturated heterocycles. The van der Waals surface area contributed by atoms with E-state index in [4.69, 9.17) is 10.5 Å². The molecule has 2 atom stereocenters. The van der Waals surface area contributed by atoms with E-state index >= 15 is 0 Å². The van der Waals surface area contributed by atoms with Crippen molar-refractivity contribution in [1.82, 2.24) is 4.90 Å². The highest BCUT2D eigenvalue weighted by Crippen LogP contribution is 2.21. The maximum absolute atomic E-state index is 11.8. The fourth-order valence-electron chi connectivity index (χ4n) is 2.05. The van der Waals surface area contributed by atoms with Gasteiger partial charge in [0.1, 0.15) is 6.61 Å².